The molecule has 1 atom stereocenters. The molecular weight excluding hydrogens is 550 g/mol. The molecule has 2 amide bonds. The summed E-state index contributed by atoms with van der Waals surface area (Å²) in [5, 5.41) is 3.24. The summed E-state index contributed by atoms with van der Waals surface area (Å²) >= 11 is 6.26. The summed E-state index contributed by atoms with van der Waals surface area (Å²) in [4.78, 5) is 28.7. The van der Waals surface area contributed by atoms with Gasteiger partial charge in [0.05, 0.1) is 17.7 Å². The van der Waals surface area contributed by atoms with Gasteiger partial charge in [-0.25, -0.2) is 8.42 Å². The largest absolute Gasteiger partial charge is 0.497 e. The van der Waals surface area contributed by atoms with Crippen LogP contribution in [0.5, 0.6) is 5.75 Å². The molecule has 0 saturated heterocycles. The normalized spacial score (nSPS) is 12.4. The second kappa shape index (κ2) is 12.7. The third kappa shape index (κ3) is 7.76. The molecule has 0 fully saturated rings. The van der Waals surface area contributed by atoms with Gasteiger partial charge in [-0.2, -0.15) is 0 Å². The molecule has 1 unspecified atom stereocenters. The third-order valence-corrected chi connectivity index (χ3v) is 8.21. The maximum Gasteiger partial charge on any atom is 0.264 e. The highest BCUT2D eigenvalue weighted by Crippen LogP contribution is 2.30. The van der Waals surface area contributed by atoms with Crippen LogP contribution in [0.2, 0.25) is 5.02 Å². The number of rotatable bonds is 10. The minimum atomic E-state index is -4.17. The van der Waals surface area contributed by atoms with Gasteiger partial charge in [-0.15, -0.1) is 0 Å². The Morgan fingerprint density at radius 3 is 2.30 bits per heavy atom. The van der Waals surface area contributed by atoms with Crippen LogP contribution < -0.4 is 14.4 Å². The Bertz CT molecular complexity index is 1460. The summed E-state index contributed by atoms with van der Waals surface area (Å²) < 4.78 is 34.2. The molecule has 0 aliphatic heterocycles. The number of carbonyl (C=O) groups excluding carboxylic acids is 2. The minimum Gasteiger partial charge on any atom is -0.497 e. The van der Waals surface area contributed by atoms with Gasteiger partial charge in [0.1, 0.15) is 18.3 Å². The smallest absolute Gasteiger partial charge is 0.264 e. The molecule has 214 valence electrons. The van der Waals surface area contributed by atoms with E-state index in [1.807, 2.05) is 26.8 Å². The zero-order valence-electron chi connectivity index (χ0n) is 23.6. The lowest BCUT2D eigenvalue weighted by atomic mass is 10.1. The predicted molar refractivity (Wildman–Crippen MR) is 158 cm³/mol. The standard InChI is InChI=1S/C30H36ClN3O5S/c1-21-15-16-24(31)18-27(21)34(40(37,38)26-13-8-7-9-14-26)20-28(35)33(22(2)29(36)32-30(3,4)5)19-23-11-10-12-25(17-23)39-6/h7-18,22H,19-20H2,1-6H3,(H,32,36). The second-order valence-electron chi connectivity index (χ2n) is 10.5. The van der Waals surface area contributed by atoms with Crippen LogP contribution >= 0.6 is 11.6 Å². The number of carbonyl (C=O) groups is 2. The summed E-state index contributed by atoms with van der Waals surface area (Å²) in [5.41, 5.74) is 1.09. The van der Waals surface area contributed by atoms with Crippen LogP contribution in [0, 0.1) is 6.92 Å². The Morgan fingerprint density at radius 2 is 1.68 bits per heavy atom. The summed E-state index contributed by atoms with van der Waals surface area (Å²) in [7, 11) is -2.63. The van der Waals surface area contributed by atoms with E-state index in [9.17, 15) is 18.0 Å². The Balaban J connectivity index is 2.08. The van der Waals surface area contributed by atoms with Crippen LogP contribution in [-0.2, 0) is 26.2 Å². The Labute approximate surface area is 241 Å². The highest BCUT2D eigenvalue weighted by Gasteiger charge is 2.34. The number of ether oxygens (including phenoxy) is 1. The van der Waals surface area contributed by atoms with Gasteiger partial charge in [-0.05, 0) is 82.1 Å². The van der Waals surface area contributed by atoms with Gasteiger partial charge in [-0.1, -0.05) is 48.0 Å². The fourth-order valence-corrected chi connectivity index (χ4v) is 5.77. The first-order chi connectivity index (χ1) is 18.7. The van der Waals surface area contributed by atoms with Gasteiger partial charge >= 0.3 is 0 Å². The molecule has 3 aromatic carbocycles. The maximum absolute atomic E-state index is 14.0. The summed E-state index contributed by atoms with van der Waals surface area (Å²) in [6, 6.07) is 19.0. The van der Waals surface area contributed by atoms with Crippen molar-refractivity contribution >= 4 is 39.1 Å². The molecule has 0 spiro atoms. The van der Waals surface area contributed by atoms with Crippen molar-refractivity contribution in [3.05, 3.63) is 88.9 Å². The zero-order chi connectivity index (χ0) is 29.7. The lowest BCUT2D eigenvalue weighted by Crippen LogP contribution is -2.54. The Morgan fingerprint density at radius 1 is 1.00 bits per heavy atom. The lowest BCUT2D eigenvalue weighted by molar-refractivity contribution is -0.140. The highest BCUT2D eigenvalue weighted by molar-refractivity contribution is 7.92. The molecule has 10 heteroatoms. The van der Waals surface area contributed by atoms with Crippen molar-refractivity contribution in [2.24, 2.45) is 0 Å². The van der Waals surface area contributed by atoms with E-state index >= 15 is 0 Å². The fourth-order valence-electron chi connectivity index (χ4n) is 4.11. The number of anilines is 1. The molecule has 0 aliphatic carbocycles. The van der Waals surface area contributed by atoms with Crippen LogP contribution in [0.1, 0.15) is 38.8 Å². The van der Waals surface area contributed by atoms with Gasteiger partial charge in [0.2, 0.25) is 11.8 Å². The summed E-state index contributed by atoms with van der Waals surface area (Å²) in [6.07, 6.45) is 0. The topological polar surface area (TPSA) is 96.0 Å². The number of nitrogens with one attached hydrogen (secondary N) is 1. The molecule has 1 N–H and O–H groups in total. The van der Waals surface area contributed by atoms with Crippen LogP contribution in [0.15, 0.2) is 77.7 Å². The molecule has 0 bridgehead atoms. The van der Waals surface area contributed by atoms with E-state index in [4.69, 9.17) is 16.3 Å². The minimum absolute atomic E-state index is 0.0278. The van der Waals surface area contributed by atoms with E-state index in [2.05, 4.69) is 5.32 Å². The van der Waals surface area contributed by atoms with Crippen molar-refractivity contribution < 1.29 is 22.7 Å². The molecule has 0 aromatic heterocycles. The third-order valence-electron chi connectivity index (χ3n) is 6.20. The van der Waals surface area contributed by atoms with Crippen molar-refractivity contribution in [1.82, 2.24) is 10.2 Å². The van der Waals surface area contributed by atoms with Crippen LogP contribution in [-0.4, -0.2) is 50.4 Å². The first kappa shape index (κ1) is 31.0. The van der Waals surface area contributed by atoms with Crippen LogP contribution in [0.4, 0.5) is 5.69 Å². The van der Waals surface area contributed by atoms with Crippen molar-refractivity contribution in [3.8, 4) is 5.75 Å². The van der Waals surface area contributed by atoms with Gasteiger partial charge in [0, 0.05) is 17.1 Å². The van der Waals surface area contributed by atoms with Crippen LogP contribution in [0.3, 0.4) is 0 Å². The number of amides is 2. The van der Waals surface area contributed by atoms with Crippen molar-refractivity contribution in [3.63, 3.8) is 0 Å². The predicted octanol–water partition coefficient (Wildman–Crippen LogP) is 5.18. The van der Waals surface area contributed by atoms with Gasteiger partial charge in [0.25, 0.3) is 10.0 Å². The number of sulfonamides is 1. The van der Waals surface area contributed by atoms with Crippen molar-refractivity contribution in [2.75, 3.05) is 18.0 Å². The highest BCUT2D eigenvalue weighted by atomic mass is 35.5. The first-order valence-electron chi connectivity index (χ1n) is 12.8. The number of nitrogens with zero attached hydrogens (tertiary/aromatic N) is 2. The second-order valence-corrected chi connectivity index (χ2v) is 12.8. The maximum atomic E-state index is 14.0. The summed E-state index contributed by atoms with van der Waals surface area (Å²) in [6.45, 7) is 8.43. The molecule has 0 radical (unpaired) electrons. The van der Waals surface area contributed by atoms with Gasteiger partial charge in [0.15, 0.2) is 0 Å². The summed E-state index contributed by atoms with van der Waals surface area (Å²) in [5.74, 6) is -0.321. The van der Waals surface area contributed by atoms with E-state index in [0.29, 0.717) is 16.3 Å². The Kier molecular flexibility index (Phi) is 9.87. The number of hydrogen-bond donors (Lipinski definition) is 1. The Hall–Kier alpha value is -3.56. The molecule has 8 nitrogen and oxygen atoms in total. The van der Waals surface area contributed by atoms with Gasteiger partial charge in [-0.3, -0.25) is 13.9 Å². The number of hydrogen-bond acceptors (Lipinski definition) is 5. The number of halogens is 1. The van der Waals surface area contributed by atoms with E-state index in [-0.39, 0.29) is 23.0 Å². The molecular formula is C30H36ClN3O5S. The zero-order valence-corrected chi connectivity index (χ0v) is 25.2. The molecule has 0 aliphatic rings. The van der Waals surface area contributed by atoms with E-state index < -0.39 is 34.1 Å². The number of aryl methyl sites for hydroxylation is 1. The molecule has 3 rings (SSSR count). The average molecular weight is 586 g/mol. The molecule has 40 heavy (non-hydrogen) atoms. The molecule has 0 saturated carbocycles. The monoisotopic (exact) mass is 585 g/mol. The average Bonchev–Trinajstić information content (AvgIpc) is 2.91. The van der Waals surface area contributed by atoms with Gasteiger partial charge < -0.3 is 15.0 Å². The van der Waals surface area contributed by atoms with Crippen molar-refractivity contribution in [1.29, 1.82) is 0 Å². The van der Waals surface area contributed by atoms with E-state index in [0.717, 1.165) is 9.87 Å². The number of benzene rings is 3. The van der Waals surface area contributed by atoms with Crippen LogP contribution in [0.25, 0.3) is 0 Å². The molecule has 0 heterocycles. The SMILES string of the molecule is COc1cccc(CN(C(=O)CN(c2cc(Cl)ccc2C)S(=O)(=O)c2ccccc2)C(C)C(=O)NC(C)(C)C)c1. The van der Waals surface area contributed by atoms with Crippen molar-refractivity contribution in [2.45, 2.75) is 57.6 Å². The first-order valence-corrected chi connectivity index (χ1v) is 14.6. The van der Waals surface area contributed by atoms with E-state index in [1.54, 1.807) is 69.5 Å². The van der Waals surface area contributed by atoms with E-state index in [1.165, 1.54) is 23.1 Å². The quantitative estimate of drug-likeness (QED) is 0.353. The fraction of sp³-hybridized carbons (Fsp3) is 0.333. The lowest BCUT2D eigenvalue weighted by Gasteiger charge is -2.34. The number of methoxy groups -OCH3 is 1. The molecule has 3 aromatic rings.